The van der Waals surface area contributed by atoms with Crippen molar-refractivity contribution in [3.8, 4) is 0 Å². The first-order chi connectivity index (χ1) is 14.2. The van der Waals surface area contributed by atoms with Gasteiger partial charge in [0, 0.05) is 37.6 Å². The van der Waals surface area contributed by atoms with Crippen molar-refractivity contribution in [2.45, 2.75) is 12.3 Å². The number of halogens is 3. The molecule has 0 spiro atoms. The normalized spacial score (nSPS) is 19.4. The topological polar surface area (TPSA) is 100 Å². The third-order valence-electron chi connectivity index (χ3n) is 4.61. The Balaban J connectivity index is 1.46. The third-order valence-corrected chi connectivity index (χ3v) is 4.61. The van der Waals surface area contributed by atoms with Crippen LogP contribution in [0.5, 0.6) is 0 Å². The van der Waals surface area contributed by atoms with Crippen LogP contribution >= 0.6 is 0 Å². The first-order valence-corrected chi connectivity index (χ1v) is 9.28. The lowest BCUT2D eigenvalue weighted by Crippen LogP contribution is -2.43. The van der Waals surface area contributed by atoms with Crippen molar-refractivity contribution in [2.24, 2.45) is 0 Å². The minimum absolute atomic E-state index is 0.122. The Labute approximate surface area is 170 Å². The molecule has 2 fully saturated rings. The van der Waals surface area contributed by atoms with Gasteiger partial charge in [0.2, 0.25) is 0 Å². The summed E-state index contributed by atoms with van der Waals surface area (Å²) >= 11 is 0. The van der Waals surface area contributed by atoms with Gasteiger partial charge in [0.25, 0.3) is 5.91 Å². The van der Waals surface area contributed by atoms with E-state index in [1.165, 1.54) is 4.90 Å². The Bertz CT molecular complexity index is 781. The Morgan fingerprint density at radius 2 is 1.80 bits per heavy atom. The number of hydrogen-bond donors (Lipinski definition) is 2. The average molecular weight is 430 g/mol. The molecule has 2 heterocycles. The van der Waals surface area contributed by atoms with Gasteiger partial charge >= 0.3 is 18.2 Å². The second kappa shape index (κ2) is 9.20. The van der Waals surface area contributed by atoms with E-state index in [0.717, 1.165) is 31.9 Å². The van der Waals surface area contributed by atoms with Crippen LogP contribution in [0.25, 0.3) is 0 Å². The monoisotopic (exact) mass is 430 g/mol. The highest BCUT2D eigenvalue weighted by atomic mass is 19.4. The lowest BCUT2D eigenvalue weighted by Gasteiger charge is -2.29. The number of nitrogens with zero attached hydrogens (tertiary/aromatic N) is 2. The minimum Gasteiger partial charge on any atom is -0.449 e. The van der Waals surface area contributed by atoms with Crippen LogP contribution < -0.4 is 20.4 Å². The predicted octanol–water partition coefficient (Wildman–Crippen LogP) is 0.643. The van der Waals surface area contributed by atoms with E-state index in [9.17, 15) is 27.6 Å². The van der Waals surface area contributed by atoms with Crippen LogP contribution in [0.3, 0.4) is 0 Å². The van der Waals surface area contributed by atoms with Gasteiger partial charge in [-0.2, -0.15) is 13.2 Å². The lowest BCUT2D eigenvalue weighted by molar-refractivity contribution is -0.200. The van der Waals surface area contributed by atoms with Crippen LogP contribution in [0.4, 0.5) is 29.3 Å². The molecule has 2 N–H and O–H groups in total. The summed E-state index contributed by atoms with van der Waals surface area (Å²) in [7, 11) is 0. The molecule has 164 valence electrons. The Kier molecular flexibility index (Phi) is 6.65. The highest BCUT2D eigenvalue weighted by Gasteiger charge is 2.41. The van der Waals surface area contributed by atoms with E-state index >= 15 is 0 Å². The van der Waals surface area contributed by atoms with E-state index in [1.807, 2.05) is 12.1 Å². The zero-order valence-corrected chi connectivity index (χ0v) is 15.9. The standard InChI is InChI=1S/C18H21F3N4O5/c19-18(20,21)16(27)29-11-15(26)23-9-14-10-25(17(28)30-14)13-3-1-12(2-4-13)24-7-5-22-6-8-24/h1-4,14,22H,5-11H2,(H,23,26). The second-order valence-corrected chi connectivity index (χ2v) is 6.75. The summed E-state index contributed by atoms with van der Waals surface area (Å²) in [5, 5.41) is 5.55. The maximum atomic E-state index is 12.1. The number of amides is 2. The third kappa shape index (κ3) is 5.53. The summed E-state index contributed by atoms with van der Waals surface area (Å²) in [4.78, 5) is 37.9. The van der Waals surface area contributed by atoms with E-state index in [0.29, 0.717) is 5.69 Å². The van der Waals surface area contributed by atoms with Crippen LogP contribution in [-0.2, 0) is 19.1 Å². The summed E-state index contributed by atoms with van der Waals surface area (Å²) in [5.74, 6) is -3.37. The number of carbonyl (C=O) groups excluding carboxylic acids is 3. The molecule has 1 unspecified atom stereocenters. The Morgan fingerprint density at radius 1 is 1.17 bits per heavy atom. The fourth-order valence-corrected chi connectivity index (χ4v) is 3.10. The number of cyclic esters (lactones) is 1. The van der Waals surface area contributed by atoms with E-state index in [4.69, 9.17) is 4.74 Å². The summed E-state index contributed by atoms with van der Waals surface area (Å²) < 4.78 is 45.1. The van der Waals surface area contributed by atoms with Crippen molar-refractivity contribution in [3.05, 3.63) is 24.3 Å². The minimum atomic E-state index is -5.16. The van der Waals surface area contributed by atoms with Gasteiger partial charge in [-0.3, -0.25) is 9.69 Å². The number of nitrogens with one attached hydrogen (secondary N) is 2. The molecule has 3 rings (SSSR count). The molecule has 1 aromatic rings. The number of anilines is 2. The van der Waals surface area contributed by atoms with E-state index in [2.05, 4.69) is 20.3 Å². The van der Waals surface area contributed by atoms with Crippen molar-refractivity contribution >= 4 is 29.3 Å². The van der Waals surface area contributed by atoms with Gasteiger partial charge in [0.1, 0.15) is 6.10 Å². The van der Waals surface area contributed by atoms with Gasteiger partial charge in [-0.1, -0.05) is 0 Å². The summed E-state index contributed by atoms with van der Waals surface area (Å²) in [6.07, 6.45) is -6.44. The molecule has 0 aromatic heterocycles. The molecular formula is C18H21F3N4O5. The fourth-order valence-electron chi connectivity index (χ4n) is 3.10. The van der Waals surface area contributed by atoms with Gasteiger partial charge < -0.3 is 25.0 Å². The Hall–Kier alpha value is -3.02. The molecule has 0 radical (unpaired) electrons. The van der Waals surface area contributed by atoms with Crippen molar-refractivity contribution in [1.29, 1.82) is 0 Å². The second-order valence-electron chi connectivity index (χ2n) is 6.75. The molecule has 2 aliphatic heterocycles. The molecule has 2 aliphatic rings. The molecule has 2 saturated heterocycles. The summed E-state index contributed by atoms with van der Waals surface area (Å²) in [5.41, 5.74) is 1.68. The molecule has 1 atom stereocenters. The largest absolute Gasteiger partial charge is 0.490 e. The van der Waals surface area contributed by atoms with Crippen LogP contribution in [0, 0.1) is 0 Å². The maximum absolute atomic E-state index is 12.1. The van der Waals surface area contributed by atoms with Gasteiger partial charge in [0.05, 0.1) is 13.1 Å². The average Bonchev–Trinajstić information content (AvgIpc) is 3.11. The van der Waals surface area contributed by atoms with Gasteiger partial charge in [-0.15, -0.1) is 0 Å². The summed E-state index contributed by atoms with van der Waals surface area (Å²) in [6, 6.07) is 7.43. The van der Waals surface area contributed by atoms with Gasteiger partial charge in [0.15, 0.2) is 6.61 Å². The summed E-state index contributed by atoms with van der Waals surface area (Å²) in [6.45, 7) is 2.57. The molecule has 12 heteroatoms. The maximum Gasteiger partial charge on any atom is 0.490 e. The van der Waals surface area contributed by atoms with Gasteiger partial charge in [-0.25, -0.2) is 9.59 Å². The van der Waals surface area contributed by atoms with Crippen LogP contribution in [-0.4, -0.2) is 76.1 Å². The van der Waals surface area contributed by atoms with Crippen LogP contribution in [0.15, 0.2) is 24.3 Å². The molecule has 0 aliphatic carbocycles. The Morgan fingerprint density at radius 3 is 2.43 bits per heavy atom. The van der Waals surface area contributed by atoms with E-state index < -0.39 is 36.9 Å². The molecule has 30 heavy (non-hydrogen) atoms. The first kappa shape index (κ1) is 21.7. The zero-order valence-electron chi connectivity index (χ0n) is 15.9. The van der Waals surface area contributed by atoms with Gasteiger partial charge in [-0.05, 0) is 24.3 Å². The number of piperazine rings is 1. The highest BCUT2D eigenvalue weighted by Crippen LogP contribution is 2.25. The number of ether oxygens (including phenoxy) is 2. The molecule has 0 saturated carbocycles. The number of carbonyl (C=O) groups is 3. The molecular weight excluding hydrogens is 409 g/mol. The van der Waals surface area contributed by atoms with Crippen molar-refractivity contribution in [3.63, 3.8) is 0 Å². The number of rotatable bonds is 6. The highest BCUT2D eigenvalue weighted by molar-refractivity contribution is 5.90. The number of benzene rings is 1. The van der Waals surface area contributed by atoms with Crippen molar-refractivity contribution in [2.75, 3.05) is 55.7 Å². The molecule has 0 bridgehead atoms. The predicted molar refractivity (Wildman–Crippen MR) is 99.2 cm³/mol. The van der Waals surface area contributed by atoms with Crippen molar-refractivity contribution < 1.29 is 37.0 Å². The van der Waals surface area contributed by atoms with E-state index in [-0.39, 0.29) is 13.1 Å². The zero-order chi connectivity index (χ0) is 21.7. The molecule has 9 nitrogen and oxygen atoms in total. The number of esters is 1. The fraction of sp³-hybridized carbons (Fsp3) is 0.500. The van der Waals surface area contributed by atoms with Crippen LogP contribution in [0.1, 0.15) is 0 Å². The number of hydrogen-bond acceptors (Lipinski definition) is 7. The van der Waals surface area contributed by atoms with E-state index in [1.54, 1.807) is 12.1 Å². The first-order valence-electron chi connectivity index (χ1n) is 9.28. The SMILES string of the molecule is O=C(COC(=O)C(F)(F)F)NCC1CN(c2ccc(N3CCNCC3)cc2)C(=O)O1. The smallest absolute Gasteiger partial charge is 0.449 e. The van der Waals surface area contributed by atoms with Crippen LogP contribution in [0.2, 0.25) is 0 Å². The molecule has 1 aromatic carbocycles. The lowest BCUT2D eigenvalue weighted by atomic mass is 10.2. The number of alkyl halides is 3. The molecule has 2 amide bonds. The van der Waals surface area contributed by atoms with Crippen molar-refractivity contribution in [1.82, 2.24) is 10.6 Å². The quantitative estimate of drug-likeness (QED) is 0.639.